The van der Waals surface area contributed by atoms with Gasteiger partial charge < -0.3 is 11.1 Å². The Bertz CT molecular complexity index is 390. The number of aromatic nitrogens is 1. The molecule has 0 aliphatic heterocycles. The summed E-state index contributed by atoms with van der Waals surface area (Å²) in [6, 6.07) is 1.52. The molecule has 0 radical (unpaired) electrons. The first-order valence-corrected chi connectivity index (χ1v) is 4.89. The zero-order chi connectivity index (χ0) is 10.8. The summed E-state index contributed by atoms with van der Waals surface area (Å²) in [6.07, 6.45) is 4.38. The first-order chi connectivity index (χ1) is 7.18. The molecule has 1 fully saturated rings. The van der Waals surface area contributed by atoms with Crippen LogP contribution in [-0.2, 0) is 0 Å². The van der Waals surface area contributed by atoms with Gasteiger partial charge in [-0.1, -0.05) is 0 Å². The monoisotopic (exact) mass is 209 g/mol. The second kappa shape index (κ2) is 3.84. The lowest BCUT2D eigenvalue weighted by molar-refractivity contribution is 0.0913. The summed E-state index contributed by atoms with van der Waals surface area (Å²) in [6.45, 7) is 0. The standard InChI is InChI=1S/C10H12FN3O/c11-8-7(4-5-13-9(8)12)10(15)14-6-2-1-3-6/h4-6H,1-3H2,(H2,12,13)(H,14,15). The molecule has 1 aliphatic rings. The first-order valence-electron chi connectivity index (χ1n) is 4.89. The fourth-order valence-corrected chi connectivity index (χ4v) is 1.45. The molecule has 15 heavy (non-hydrogen) atoms. The quantitative estimate of drug-likeness (QED) is 0.766. The minimum atomic E-state index is -0.741. The molecule has 80 valence electrons. The third-order valence-corrected chi connectivity index (χ3v) is 2.60. The molecule has 1 aliphatic carbocycles. The maximum absolute atomic E-state index is 13.4. The van der Waals surface area contributed by atoms with Crippen LogP contribution < -0.4 is 11.1 Å². The van der Waals surface area contributed by atoms with E-state index in [1.54, 1.807) is 0 Å². The van der Waals surface area contributed by atoms with Gasteiger partial charge in [-0.05, 0) is 25.3 Å². The number of hydrogen-bond donors (Lipinski definition) is 2. The molecule has 1 amide bonds. The van der Waals surface area contributed by atoms with E-state index in [1.807, 2.05) is 0 Å². The SMILES string of the molecule is Nc1nccc(C(=O)NC2CCC2)c1F. The van der Waals surface area contributed by atoms with Gasteiger partial charge >= 0.3 is 0 Å². The van der Waals surface area contributed by atoms with E-state index in [0.717, 1.165) is 19.3 Å². The molecule has 1 heterocycles. The molecular weight excluding hydrogens is 197 g/mol. The van der Waals surface area contributed by atoms with Gasteiger partial charge in [0, 0.05) is 12.2 Å². The van der Waals surface area contributed by atoms with Crippen LogP contribution >= 0.6 is 0 Å². The largest absolute Gasteiger partial charge is 0.381 e. The van der Waals surface area contributed by atoms with Crippen molar-refractivity contribution in [2.75, 3.05) is 5.73 Å². The van der Waals surface area contributed by atoms with Crippen LogP contribution in [0, 0.1) is 5.82 Å². The molecule has 0 spiro atoms. The summed E-state index contributed by atoms with van der Waals surface area (Å²) in [5, 5.41) is 2.74. The second-order valence-corrected chi connectivity index (χ2v) is 3.66. The number of anilines is 1. The van der Waals surface area contributed by atoms with Gasteiger partial charge in [0.2, 0.25) is 0 Å². The maximum Gasteiger partial charge on any atom is 0.254 e. The summed E-state index contributed by atoms with van der Waals surface area (Å²) in [4.78, 5) is 15.1. The highest BCUT2D eigenvalue weighted by Gasteiger charge is 2.22. The predicted molar refractivity (Wildman–Crippen MR) is 53.7 cm³/mol. The average Bonchev–Trinajstić information content (AvgIpc) is 2.15. The highest BCUT2D eigenvalue weighted by atomic mass is 19.1. The summed E-state index contributed by atoms with van der Waals surface area (Å²) in [5.41, 5.74) is 5.24. The summed E-state index contributed by atoms with van der Waals surface area (Å²) in [5.74, 6) is -1.39. The fraction of sp³-hybridized carbons (Fsp3) is 0.400. The van der Waals surface area contributed by atoms with Gasteiger partial charge in [-0.25, -0.2) is 9.37 Å². The molecular formula is C10H12FN3O. The Morgan fingerprint density at radius 2 is 2.33 bits per heavy atom. The van der Waals surface area contributed by atoms with Crippen molar-refractivity contribution in [3.63, 3.8) is 0 Å². The zero-order valence-corrected chi connectivity index (χ0v) is 8.16. The van der Waals surface area contributed by atoms with Crippen LogP contribution in [0.1, 0.15) is 29.6 Å². The normalized spacial score (nSPS) is 15.8. The molecule has 2 rings (SSSR count). The van der Waals surface area contributed by atoms with Crippen LogP contribution in [0.15, 0.2) is 12.3 Å². The molecule has 0 saturated heterocycles. The summed E-state index contributed by atoms with van der Waals surface area (Å²) >= 11 is 0. The minimum Gasteiger partial charge on any atom is -0.381 e. The van der Waals surface area contributed by atoms with Crippen molar-refractivity contribution in [2.45, 2.75) is 25.3 Å². The molecule has 0 aromatic carbocycles. The van der Waals surface area contributed by atoms with E-state index in [-0.39, 0.29) is 17.4 Å². The van der Waals surface area contributed by atoms with Crippen LogP contribution in [0.3, 0.4) is 0 Å². The molecule has 3 N–H and O–H groups in total. The number of nitrogens with one attached hydrogen (secondary N) is 1. The van der Waals surface area contributed by atoms with Crippen LogP contribution in [0.4, 0.5) is 10.2 Å². The van der Waals surface area contributed by atoms with Gasteiger partial charge in [0.05, 0.1) is 5.56 Å². The molecule has 1 aromatic rings. The van der Waals surface area contributed by atoms with Crippen molar-refractivity contribution >= 4 is 11.7 Å². The first kappa shape index (κ1) is 9.89. The molecule has 0 unspecified atom stereocenters. The molecule has 0 atom stereocenters. The number of rotatable bonds is 2. The second-order valence-electron chi connectivity index (χ2n) is 3.66. The minimum absolute atomic E-state index is 0.0330. The van der Waals surface area contributed by atoms with Crippen LogP contribution in [-0.4, -0.2) is 16.9 Å². The highest BCUT2D eigenvalue weighted by Crippen LogP contribution is 2.19. The third-order valence-electron chi connectivity index (χ3n) is 2.60. The number of carbonyl (C=O) groups is 1. The maximum atomic E-state index is 13.4. The highest BCUT2D eigenvalue weighted by molar-refractivity contribution is 5.95. The van der Waals surface area contributed by atoms with Crippen molar-refractivity contribution < 1.29 is 9.18 Å². The van der Waals surface area contributed by atoms with Gasteiger partial charge in [-0.3, -0.25) is 4.79 Å². The third kappa shape index (κ3) is 1.91. The molecule has 1 saturated carbocycles. The Labute approximate surface area is 86.7 Å². The van der Waals surface area contributed by atoms with Gasteiger partial charge in [0.25, 0.3) is 5.91 Å². The van der Waals surface area contributed by atoms with Crippen molar-refractivity contribution in [3.05, 3.63) is 23.6 Å². The molecule has 5 heteroatoms. The molecule has 1 aromatic heterocycles. The van der Waals surface area contributed by atoms with Crippen molar-refractivity contribution in [3.8, 4) is 0 Å². The topological polar surface area (TPSA) is 68.0 Å². The van der Waals surface area contributed by atoms with Crippen LogP contribution in [0.2, 0.25) is 0 Å². The number of nitrogens with two attached hydrogens (primary N) is 1. The van der Waals surface area contributed by atoms with E-state index in [4.69, 9.17) is 5.73 Å². The Hall–Kier alpha value is -1.65. The van der Waals surface area contributed by atoms with Gasteiger partial charge in [-0.15, -0.1) is 0 Å². The van der Waals surface area contributed by atoms with E-state index >= 15 is 0 Å². The van der Waals surface area contributed by atoms with E-state index in [9.17, 15) is 9.18 Å². The van der Waals surface area contributed by atoms with E-state index < -0.39 is 11.7 Å². The fourth-order valence-electron chi connectivity index (χ4n) is 1.45. The van der Waals surface area contributed by atoms with E-state index in [0.29, 0.717) is 0 Å². The Balaban J connectivity index is 2.13. The Morgan fingerprint density at radius 3 is 2.93 bits per heavy atom. The van der Waals surface area contributed by atoms with Gasteiger partial charge in [0.1, 0.15) is 0 Å². The van der Waals surface area contributed by atoms with E-state index in [1.165, 1.54) is 12.3 Å². The lowest BCUT2D eigenvalue weighted by atomic mass is 9.93. The summed E-state index contributed by atoms with van der Waals surface area (Å²) < 4.78 is 13.4. The Morgan fingerprint density at radius 1 is 1.60 bits per heavy atom. The summed E-state index contributed by atoms with van der Waals surface area (Å²) in [7, 11) is 0. The number of pyridine rings is 1. The van der Waals surface area contributed by atoms with Crippen molar-refractivity contribution in [1.82, 2.24) is 10.3 Å². The smallest absolute Gasteiger partial charge is 0.254 e. The average molecular weight is 209 g/mol. The molecule has 4 nitrogen and oxygen atoms in total. The van der Waals surface area contributed by atoms with Crippen molar-refractivity contribution in [1.29, 1.82) is 0 Å². The number of amides is 1. The van der Waals surface area contributed by atoms with E-state index in [2.05, 4.69) is 10.3 Å². The number of hydrogen-bond acceptors (Lipinski definition) is 3. The van der Waals surface area contributed by atoms with Crippen molar-refractivity contribution in [2.24, 2.45) is 0 Å². The number of nitrogen functional groups attached to an aromatic ring is 1. The zero-order valence-electron chi connectivity index (χ0n) is 8.16. The van der Waals surface area contributed by atoms with Gasteiger partial charge in [-0.2, -0.15) is 0 Å². The van der Waals surface area contributed by atoms with Crippen LogP contribution in [0.5, 0.6) is 0 Å². The lowest BCUT2D eigenvalue weighted by Crippen LogP contribution is -2.39. The van der Waals surface area contributed by atoms with Gasteiger partial charge in [0.15, 0.2) is 11.6 Å². The predicted octanol–water partition coefficient (Wildman–Crippen LogP) is 1.09. The Kier molecular flexibility index (Phi) is 2.53. The lowest BCUT2D eigenvalue weighted by Gasteiger charge is -2.26. The number of halogens is 1. The van der Waals surface area contributed by atoms with Crippen LogP contribution in [0.25, 0.3) is 0 Å². The molecule has 0 bridgehead atoms. The number of nitrogens with zero attached hydrogens (tertiary/aromatic N) is 1. The number of carbonyl (C=O) groups excluding carboxylic acids is 1.